The molecular weight excluding hydrogens is 321 g/mol. The summed E-state index contributed by atoms with van der Waals surface area (Å²) < 4.78 is 39.5. The van der Waals surface area contributed by atoms with Crippen LogP contribution in [0.5, 0.6) is 0 Å². The highest BCUT2D eigenvalue weighted by Crippen LogP contribution is 2.61. The Labute approximate surface area is 137 Å². The number of nitriles is 1. The van der Waals surface area contributed by atoms with Crippen molar-refractivity contribution >= 4 is 12.2 Å². The molecule has 2 nitrogen and oxygen atoms in total. The van der Waals surface area contributed by atoms with Crippen LogP contribution in [0.3, 0.4) is 0 Å². The molecule has 1 aromatic heterocycles. The van der Waals surface area contributed by atoms with Crippen molar-refractivity contribution in [2.24, 2.45) is 17.8 Å². The highest BCUT2D eigenvalue weighted by molar-refractivity contribution is 7.71. The molecule has 4 aliphatic carbocycles. The molecule has 1 heterocycles. The smallest absolute Gasteiger partial charge is 0.341 e. The molecule has 4 saturated carbocycles. The van der Waals surface area contributed by atoms with E-state index in [0.717, 1.165) is 19.3 Å². The Bertz CT molecular complexity index is 721. The van der Waals surface area contributed by atoms with Crippen molar-refractivity contribution < 1.29 is 13.2 Å². The number of hydrogen-bond acceptors (Lipinski definition) is 2. The number of nitrogens with zero attached hydrogens (tertiary/aromatic N) is 1. The van der Waals surface area contributed by atoms with Gasteiger partial charge in [-0.25, -0.2) is 0 Å². The fourth-order valence-electron chi connectivity index (χ4n) is 5.68. The number of hydrogen-bond donors (Lipinski definition) is 1. The predicted molar refractivity (Wildman–Crippen MR) is 81.2 cm³/mol. The third kappa shape index (κ3) is 2.32. The molecule has 5 rings (SSSR count). The number of aromatic nitrogens is 1. The second-order valence-electron chi connectivity index (χ2n) is 7.61. The molecule has 0 spiro atoms. The molecule has 0 aliphatic heterocycles. The zero-order chi connectivity index (χ0) is 16.4. The first kappa shape index (κ1) is 15.2. The second kappa shape index (κ2) is 4.83. The van der Waals surface area contributed by atoms with Crippen molar-refractivity contribution in [3.63, 3.8) is 0 Å². The largest absolute Gasteiger partial charge is 0.431 e. The Morgan fingerprint density at radius 2 is 1.65 bits per heavy atom. The van der Waals surface area contributed by atoms with Crippen molar-refractivity contribution in [3.05, 3.63) is 27.5 Å². The van der Waals surface area contributed by atoms with Crippen molar-refractivity contribution in [2.45, 2.75) is 50.1 Å². The van der Waals surface area contributed by atoms with Gasteiger partial charge in [-0.1, -0.05) is 12.2 Å². The lowest BCUT2D eigenvalue weighted by Crippen LogP contribution is -2.49. The van der Waals surface area contributed by atoms with Crippen LogP contribution in [-0.2, 0) is 11.6 Å². The second-order valence-corrected chi connectivity index (χ2v) is 8.02. The van der Waals surface area contributed by atoms with Crippen LogP contribution in [-0.4, -0.2) is 4.98 Å². The number of pyridine rings is 1. The average Bonchev–Trinajstić information content (AvgIpc) is 2.44. The number of rotatable bonds is 1. The van der Waals surface area contributed by atoms with Gasteiger partial charge in [0.2, 0.25) is 0 Å². The zero-order valence-electron chi connectivity index (χ0n) is 12.5. The lowest BCUT2D eigenvalue weighted by atomic mass is 9.47. The van der Waals surface area contributed by atoms with Crippen LogP contribution in [0.1, 0.15) is 55.3 Å². The summed E-state index contributed by atoms with van der Waals surface area (Å²) in [5, 5.41) is 9.48. The number of aromatic amines is 1. The van der Waals surface area contributed by atoms with Crippen molar-refractivity contribution in [3.8, 4) is 6.07 Å². The molecular formula is C17H17F3N2S. The van der Waals surface area contributed by atoms with Crippen LogP contribution in [0.25, 0.3) is 0 Å². The quantitative estimate of drug-likeness (QED) is 0.723. The Hall–Kier alpha value is -1.35. The Morgan fingerprint density at radius 1 is 1.13 bits per heavy atom. The number of alkyl halides is 3. The summed E-state index contributed by atoms with van der Waals surface area (Å²) in [6, 6.07) is 3.23. The lowest BCUT2D eigenvalue weighted by Gasteiger charge is -2.57. The first-order valence-electron chi connectivity index (χ1n) is 8.06. The maximum absolute atomic E-state index is 13.2. The van der Waals surface area contributed by atoms with Crippen molar-refractivity contribution in [1.82, 2.24) is 4.98 Å². The van der Waals surface area contributed by atoms with Crippen LogP contribution in [0.15, 0.2) is 6.07 Å². The van der Waals surface area contributed by atoms with E-state index in [1.807, 2.05) is 0 Å². The van der Waals surface area contributed by atoms with Gasteiger partial charge in [-0.15, -0.1) is 0 Å². The number of nitrogens with one attached hydrogen (secondary N) is 1. The van der Waals surface area contributed by atoms with Crippen LogP contribution in [0.4, 0.5) is 13.2 Å². The van der Waals surface area contributed by atoms with Gasteiger partial charge in [0.25, 0.3) is 0 Å². The van der Waals surface area contributed by atoms with E-state index in [-0.39, 0.29) is 15.6 Å². The van der Waals surface area contributed by atoms with Gasteiger partial charge in [0.1, 0.15) is 16.4 Å². The molecule has 4 aliphatic rings. The Balaban J connectivity index is 1.90. The third-order valence-corrected chi connectivity index (χ3v) is 6.37. The van der Waals surface area contributed by atoms with E-state index in [1.54, 1.807) is 0 Å². The summed E-state index contributed by atoms with van der Waals surface area (Å²) in [5.41, 5.74) is -0.306. The Kier molecular flexibility index (Phi) is 3.19. The minimum absolute atomic E-state index is 0.0759. The van der Waals surface area contributed by atoms with Gasteiger partial charge in [0.05, 0.1) is 5.56 Å². The van der Waals surface area contributed by atoms with E-state index in [9.17, 15) is 18.4 Å². The van der Waals surface area contributed by atoms with Crippen molar-refractivity contribution in [2.75, 3.05) is 0 Å². The Morgan fingerprint density at radius 3 is 2.09 bits per heavy atom. The number of halogens is 3. The predicted octanol–water partition coefficient (Wildman–Crippen LogP) is 5.10. The number of H-pyrrole nitrogens is 1. The molecule has 1 N–H and O–H groups in total. The topological polar surface area (TPSA) is 39.6 Å². The van der Waals surface area contributed by atoms with E-state index in [1.165, 1.54) is 25.3 Å². The highest BCUT2D eigenvalue weighted by atomic mass is 32.1. The normalized spacial score (nSPS) is 35.3. The van der Waals surface area contributed by atoms with Gasteiger partial charge in [-0.3, -0.25) is 0 Å². The molecule has 1 aromatic rings. The third-order valence-electron chi connectivity index (χ3n) is 6.06. The SMILES string of the molecule is N#Cc1c(C23CC4CC(CC(C4)C2)C3)cc(C(F)(F)F)[nH]c1=S. The van der Waals surface area contributed by atoms with Gasteiger partial charge in [0.15, 0.2) is 0 Å². The monoisotopic (exact) mass is 338 g/mol. The first-order chi connectivity index (χ1) is 10.8. The fraction of sp³-hybridized carbons (Fsp3) is 0.647. The van der Waals surface area contributed by atoms with Crippen LogP contribution >= 0.6 is 12.2 Å². The van der Waals surface area contributed by atoms with Gasteiger partial charge >= 0.3 is 6.18 Å². The summed E-state index contributed by atoms with van der Waals surface area (Å²) in [6.07, 6.45) is 1.85. The molecule has 0 saturated heterocycles. The van der Waals surface area contributed by atoms with E-state index < -0.39 is 11.9 Å². The molecule has 6 heteroatoms. The average molecular weight is 338 g/mol. The minimum Gasteiger partial charge on any atom is -0.341 e. The van der Waals surface area contributed by atoms with E-state index in [2.05, 4.69) is 11.1 Å². The maximum atomic E-state index is 13.2. The summed E-state index contributed by atoms with van der Waals surface area (Å²) in [6.45, 7) is 0. The molecule has 0 unspecified atom stereocenters. The van der Waals surface area contributed by atoms with Crippen LogP contribution in [0.2, 0.25) is 0 Å². The van der Waals surface area contributed by atoms with Crippen LogP contribution in [0, 0.1) is 33.7 Å². The van der Waals surface area contributed by atoms with Crippen molar-refractivity contribution in [1.29, 1.82) is 5.26 Å². The molecule has 4 fully saturated rings. The molecule has 4 bridgehead atoms. The molecule has 0 atom stereocenters. The van der Waals surface area contributed by atoms with E-state index in [4.69, 9.17) is 12.2 Å². The fourth-order valence-corrected chi connectivity index (χ4v) is 5.95. The van der Waals surface area contributed by atoms with Gasteiger partial charge < -0.3 is 4.98 Å². The minimum atomic E-state index is -4.47. The molecule has 0 amide bonds. The summed E-state index contributed by atoms with van der Waals surface area (Å²) >= 11 is 5.07. The van der Waals surface area contributed by atoms with Crippen LogP contribution < -0.4 is 0 Å². The summed E-state index contributed by atoms with van der Waals surface area (Å²) in [4.78, 5) is 2.21. The standard InChI is InChI=1S/C17H17F3N2S/c18-17(19,20)14-4-13(12(8-21)15(23)22-14)16-5-9-1-10(6-16)3-11(2-9)7-16/h4,9-11H,1-3,5-7H2,(H,22,23). The molecule has 0 radical (unpaired) electrons. The summed E-state index contributed by atoms with van der Waals surface area (Å²) in [7, 11) is 0. The molecule has 122 valence electrons. The van der Waals surface area contributed by atoms with Gasteiger partial charge in [0, 0.05) is 0 Å². The van der Waals surface area contributed by atoms with Gasteiger partial charge in [-0.2, -0.15) is 18.4 Å². The lowest BCUT2D eigenvalue weighted by molar-refractivity contribution is -0.141. The van der Waals surface area contributed by atoms with E-state index in [0.29, 0.717) is 23.3 Å². The van der Waals surface area contributed by atoms with E-state index >= 15 is 0 Å². The van der Waals surface area contributed by atoms with Gasteiger partial charge in [-0.05, 0) is 73.3 Å². The highest BCUT2D eigenvalue weighted by Gasteiger charge is 2.52. The zero-order valence-corrected chi connectivity index (χ0v) is 13.4. The molecule has 0 aromatic carbocycles. The molecule has 23 heavy (non-hydrogen) atoms. The summed E-state index contributed by atoms with van der Waals surface area (Å²) in [5.74, 6) is 1.79. The maximum Gasteiger partial charge on any atom is 0.431 e. The first-order valence-corrected chi connectivity index (χ1v) is 8.47.